The van der Waals surface area contributed by atoms with Crippen LogP contribution in [0.4, 0.5) is 0 Å². The highest BCUT2D eigenvalue weighted by Gasteiger charge is 2.40. The molecule has 1 fully saturated rings. The van der Waals surface area contributed by atoms with Crippen LogP contribution in [0.15, 0.2) is 89.4 Å². The van der Waals surface area contributed by atoms with Crippen molar-refractivity contribution in [2.45, 2.75) is 45.3 Å². The van der Waals surface area contributed by atoms with Gasteiger partial charge in [-0.1, -0.05) is 65.3 Å². The summed E-state index contributed by atoms with van der Waals surface area (Å²) >= 11 is 3.72. The fraction of sp³-hybridized carbons (Fsp3) is 0.256. The van der Waals surface area contributed by atoms with Crippen molar-refractivity contribution in [2.75, 3.05) is 20.2 Å². The zero-order valence-electron chi connectivity index (χ0n) is 27.4. The van der Waals surface area contributed by atoms with Crippen LogP contribution in [0.25, 0.3) is 11.1 Å². The summed E-state index contributed by atoms with van der Waals surface area (Å²) in [5, 5.41) is 22.1. The van der Waals surface area contributed by atoms with Crippen molar-refractivity contribution in [3.8, 4) is 17.2 Å². The molecule has 1 saturated heterocycles. The van der Waals surface area contributed by atoms with E-state index < -0.39 is 11.9 Å². The zero-order chi connectivity index (χ0) is 34.7. The van der Waals surface area contributed by atoms with E-state index in [-0.39, 0.29) is 29.7 Å². The molecule has 0 saturated carbocycles. The lowest BCUT2D eigenvalue weighted by Gasteiger charge is -2.29. The molecule has 1 atom stereocenters. The fourth-order valence-corrected chi connectivity index (χ4v) is 7.11. The van der Waals surface area contributed by atoms with E-state index in [0.717, 1.165) is 55.6 Å². The maximum absolute atomic E-state index is 13.1. The number of phenolic OH excluding ortho intramolecular Hbond substituents is 2. The van der Waals surface area contributed by atoms with E-state index in [1.165, 1.54) is 0 Å². The number of benzene rings is 4. The molecule has 0 radical (unpaired) electrons. The fourth-order valence-electron chi connectivity index (χ4n) is 6.51. The molecule has 0 aromatic heterocycles. The Hall–Kier alpha value is -4.93. The first-order valence-electron chi connectivity index (χ1n) is 16.3. The van der Waals surface area contributed by atoms with E-state index in [0.29, 0.717) is 38.2 Å². The zero-order valence-corrected chi connectivity index (χ0v) is 29.0. The third-order valence-corrected chi connectivity index (χ3v) is 10.1. The predicted molar refractivity (Wildman–Crippen MR) is 191 cm³/mol. The van der Waals surface area contributed by atoms with E-state index >= 15 is 0 Å². The van der Waals surface area contributed by atoms with Crippen LogP contribution < -0.4 is 10.1 Å². The molecule has 3 amide bonds. The number of piperidine rings is 1. The van der Waals surface area contributed by atoms with Gasteiger partial charge in [0.25, 0.3) is 5.91 Å². The number of carbonyl (C=O) groups excluding carboxylic acids is 3. The van der Waals surface area contributed by atoms with Crippen LogP contribution in [-0.2, 0) is 22.7 Å². The van der Waals surface area contributed by atoms with Gasteiger partial charge in [-0.15, -0.1) is 0 Å². The Morgan fingerprint density at radius 3 is 2.12 bits per heavy atom. The molecule has 2 heterocycles. The number of hydrogen-bond acceptors (Lipinski definition) is 7. The number of halogens is 1. The molecule has 252 valence electrons. The van der Waals surface area contributed by atoms with Gasteiger partial charge in [-0.2, -0.15) is 0 Å². The highest BCUT2D eigenvalue weighted by atomic mass is 79.9. The smallest absolute Gasteiger partial charge is 0.255 e. The second kappa shape index (κ2) is 14.7. The average molecular weight is 725 g/mol. The molecule has 9 nitrogen and oxygen atoms in total. The van der Waals surface area contributed by atoms with Gasteiger partial charge in [0.2, 0.25) is 11.8 Å². The number of hydrogen-bond donors (Lipinski definition) is 3. The van der Waals surface area contributed by atoms with E-state index in [2.05, 4.69) is 33.1 Å². The summed E-state index contributed by atoms with van der Waals surface area (Å²) in [4.78, 5) is 40.9. The minimum absolute atomic E-state index is 0.193. The highest BCUT2D eigenvalue weighted by molar-refractivity contribution is 9.10. The van der Waals surface area contributed by atoms with E-state index in [1.54, 1.807) is 29.2 Å². The standard InChI is InChI=1S/C39H38BrN3O6/c1-3-31(24-4-11-28(44)12-5-24)36(25-6-13-29(45)14-7-25)26-8-15-30(16-9-26)49-21-20-42(2)22-27-10-17-32-33(37(27)40)23-43(39(32)48)34-18-19-35(46)41-38(34)47/h4-17,34,44-45H,3,18-23H2,1-2H3,(H,41,46,47). The van der Waals surface area contributed by atoms with Crippen molar-refractivity contribution < 1.29 is 29.3 Å². The predicted octanol–water partition coefficient (Wildman–Crippen LogP) is 6.50. The molecule has 0 spiro atoms. The van der Waals surface area contributed by atoms with Crippen molar-refractivity contribution in [3.63, 3.8) is 0 Å². The Kier molecular flexibility index (Phi) is 10.2. The lowest BCUT2D eigenvalue weighted by molar-refractivity contribution is -0.136. The summed E-state index contributed by atoms with van der Waals surface area (Å²) in [6.45, 7) is 4.17. The third kappa shape index (κ3) is 7.40. The first-order valence-corrected chi connectivity index (χ1v) is 17.1. The number of ether oxygens (including phenoxy) is 1. The number of carbonyl (C=O) groups is 3. The van der Waals surface area contributed by atoms with Gasteiger partial charge < -0.3 is 19.8 Å². The molecule has 4 aromatic carbocycles. The largest absolute Gasteiger partial charge is 0.508 e. The summed E-state index contributed by atoms with van der Waals surface area (Å²) in [6, 6.07) is 25.5. The number of likely N-dealkylation sites (N-methyl/N-ethyl adjacent to an activating group) is 1. The van der Waals surface area contributed by atoms with Crippen LogP contribution >= 0.6 is 15.9 Å². The first-order chi connectivity index (χ1) is 23.6. The Morgan fingerprint density at radius 1 is 0.898 bits per heavy atom. The lowest BCUT2D eigenvalue weighted by Crippen LogP contribution is -2.52. The lowest BCUT2D eigenvalue weighted by atomic mass is 9.88. The highest BCUT2D eigenvalue weighted by Crippen LogP contribution is 2.37. The van der Waals surface area contributed by atoms with Crippen LogP contribution in [0.1, 0.15) is 64.4 Å². The number of imide groups is 1. The average Bonchev–Trinajstić information content (AvgIpc) is 3.42. The van der Waals surface area contributed by atoms with Crippen LogP contribution in [0.3, 0.4) is 0 Å². The van der Waals surface area contributed by atoms with E-state index in [4.69, 9.17) is 4.74 Å². The normalized spacial score (nSPS) is 16.4. The molecule has 3 N–H and O–H groups in total. The third-order valence-electron chi connectivity index (χ3n) is 9.08. The summed E-state index contributed by atoms with van der Waals surface area (Å²) < 4.78 is 6.98. The van der Waals surface area contributed by atoms with Gasteiger partial charge in [0, 0.05) is 36.1 Å². The van der Waals surface area contributed by atoms with Crippen LogP contribution in [0.2, 0.25) is 0 Å². The van der Waals surface area contributed by atoms with Crippen LogP contribution in [-0.4, -0.2) is 64.0 Å². The molecule has 0 aliphatic carbocycles. The van der Waals surface area contributed by atoms with Crippen molar-refractivity contribution in [2.24, 2.45) is 0 Å². The van der Waals surface area contributed by atoms with Crippen LogP contribution in [0.5, 0.6) is 17.2 Å². The quantitative estimate of drug-likeness (QED) is 0.119. The first kappa shape index (κ1) is 34.0. The number of allylic oxidation sites excluding steroid dienone is 1. The van der Waals surface area contributed by atoms with Gasteiger partial charge in [0.1, 0.15) is 29.9 Å². The number of phenols is 2. The summed E-state index contributed by atoms with van der Waals surface area (Å²) in [5.41, 5.74) is 7.62. The Labute approximate surface area is 293 Å². The van der Waals surface area contributed by atoms with Crippen molar-refractivity contribution in [1.82, 2.24) is 15.1 Å². The number of nitrogens with zero attached hydrogens (tertiary/aromatic N) is 2. The number of amides is 3. The second-order valence-corrected chi connectivity index (χ2v) is 13.2. The van der Waals surface area contributed by atoms with Crippen molar-refractivity contribution in [3.05, 3.63) is 123 Å². The monoisotopic (exact) mass is 723 g/mol. The summed E-state index contributed by atoms with van der Waals surface area (Å²) in [5.74, 6) is 0.249. The summed E-state index contributed by atoms with van der Waals surface area (Å²) in [6.07, 6.45) is 1.31. The summed E-state index contributed by atoms with van der Waals surface area (Å²) in [7, 11) is 2.01. The molecular formula is C39H38BrN3O6. The molecule has 4 aromatic rings. The van der Waals surface area contributed by atoms with Gasteiger partial charge in [-0.3, -0.25) is 24.6 Å². The minimum Gasteiger partial charge on any atom is -0.508 e. The molecule has 0 bridgehead atoms. The van der Waals surface area contributed by atoms with Gasteiger partial charge >= 0.3 is 0 Å². The topological polar surface area (TPSA) is 119 Å². The molecule has 2 aliphatic rings. The molecule has 1 unspecified atom stereocenters. The maximum atomic E-state index is 13.1. The SMILES string of the molecule is CCC(=C(c1ccc(O)cc1)c1ccc(OCCN(C)Cc2ccc3c(c2Br)CN(C2CCC(=O)NC2=O)C3=O)cc1)c1ccc(O)cc1. The van der Waals surface area contributed by atoms with Gasteiger partial charge in [-0.05, 0) is 101 Å². The van der Waals surface area contributed by atoms with Gasteiger partial charge in [-0.25, -0.2) is 0 Å². The number of nitrogens with one attached hydrogen (secondary N) is 1. The Bertz CT molecular complexity index is 1910. The number of rotatable bonds is 11. The second-order valence-electron chi connectivity index (χ2n) is 12.4. The number of fused-ring (bicyclic) bond motifs is 1. The molecule has 10 heteroatoms. The minimum atomic E-state index is -0.648. The van der Waals surface area contributed by atoms with Gasteiger partial charge in [0.05, 0.1) is 0 Å². The van der Waals surface area contributed by atoms with Crippen molar-refractivity contribution >= 4 is 44.8 Å². The molecular weight excluding hydrogens is 686 g/mol. The van der Waals surface area contributed by atoms with Crippen molar-refractivity contribution in [1.29, 1.82) is 0 Å². The maximum Gasteiger partial charge on any atom is 0.255 e. The Morgan fingerprint density at radius 2 is 1.51 bits per heavy atom. The number of aromatic hydroxyl groups is 2. The molecule has 49 heavy (non-hydrogen) atoms. The molecule has 6 rings (SSSR count). The van der Waals surface area contributed by atoms with Crippen LogP contribution in [0, 0.1) is 0 Å². The molecule has 2 aliphatic heterocycles. The van der Waals surface area contributed by atoms with E-state index in [9.17, 15) is 24.6 Å². The van der Waals surface area contributed by atoms with Gasteiger partial charge in [0.15, 0.2) is 0 Å². The Balaban J connectivity index is 1.10. The van der Waals surface area contributed by atoms with E-state index in [1.807, 2.05) is 67.7 Å².